The number of aromatic nitrogens is 1. The Kier molecular flexibility index (Phi) is 2.35. The maximum Gasteiger partial charge on any atom is 0.167 e. The molecule has 0 unspecified atom stereocenters. The lowest BCUT2D eigenvalue weighted by molar-refractivity contribution is 0.0939. The third kappa shape index (κ3) is 1.56. The quantitative estimate of drug-likeness (QED) is 0.684. The Morgan fingerprint density at radius 2 is 2.07 bits per heavy atom. The second-order valence-corrected chi connectivity index (χ2v) is 4.18. The van der Waals surface area contributed by atoms with Gasteiger partial charge >= 0.3 is 0 Å². The molecule has 0 amide bonds. The Hall–Kier alpha value is -1.57. The van der Waals surface area contributed by atoms with Crippen LogP contribution in [0.3, 0.4) is 0 Å². The normalized spacial score (nSPS) is 11.2. The van der Waals surface area contributed by atoms with Crippen molar-refractivity contribution in [2.45, 2.75) is 20.8 Å². The standard InChI is InChI=1S/C13H15NO/c1-9(2)13(15)11-8-14-7-5-4-6-12(14)10(11)3/h4-9H,1-3H3. The molecule has 0 aliphatic rings. The number of rotatable bonds is 2. The fraction of sp³-hybridized carbons (Fsp3) is 0.308. The molecule has 2 rings (SSSR count). The predicted molar refractivity (Wildman–Crippen MR) is 61.3 cm³/mol. The minimum absolute atomic E-state index is 0.0566. The molecule has 15 heavy (non-hydrogen) atoms. The van der Waals surface area contributed by atoms with E-state index in [-0.39, 0.29) is 11.7 Å². The molecule has 0 aliphatic heterocycles. The molecule has 2 nitrogen and oxygen atoms in total. The molecule has 0 aliphatic carbocycles. The number of hydrogen-bond acceptors (Lipinski definition) is 1. The summed E-state index contributed by atoms with van der Waals surface area (Å²) in [5.74, 6) is 0.275. The first kappa shape index (κ1) is 9.97. The predicted octanol–water partition coefficient (Wildman–Crippen LogP) is 3.09. The maximum absolute atomic E-state index is 11.9. The highest BCUT2D eigenvalue weighted by Crippen LogP contribution is 2.20. The van der Waals surface area contributed by atoms with E-state index in [1.165, 1.54) is 0 Å². The van der Waals surface area contributed by atoms with E-state index in [1.54, 1.807) is 0 Å². The molecule has 0 radical (unpaired) electrons. The molecule has 2 aromatic heterocycles. The number of pyridine rings is 1. The van der Waals surface area contributed by atoms with Crippen molar-refractivity contribution in [2.75, 3.05) is 0 Å². The van der Waals surface area contributed by atoms with Gasteiger partial charge in [0.25, 0.3) is 0 Å². The zero-order valence-electron chi connectivity index (χ0n) is 9.32. The van der Waals surface area contributed by atoms with Gasteiger partial charge in [0.1, 0.15) is 0 Å². The summed E-state index contributed by atoms with van der Waals surface area (Å²) in [6, 6.07) is 5.99. The number of carbonyl (C=O) groups excluding carboxylic acids is 1. The third-order valence-electron chi connectivity index (χ3n) is 2.74. The van der Waals surface area contributed by atoms with Gasteiger partial charge in [-0.1, -0.05) is 19.9 Å². The summed E-state index contributed by atoms with van der Waals surface area (Å²) in [5.41, 5.74) is 3.03. The van der Waals surface area contributed by atoms with Gasteiger partial charge in [0.05, 0.1) is 0 Å². The highest BCUT2D eigenvalue weighted by molar-refractivity contribution is 6.00. The minimum Gasteiger partial charge on any atom is -0.323 e. The smallest absolute Gasteiger partial charge is 0.167 e. The summed E-state index contributed by atoms with van der Waals surface area (Å²) >= 11 is 0. The Morgan fingerprint density at radius 3 is 2.67 bits per heavy atom. The van der Waals surface area contributed by atoms with Crippen molar-refractivity contribution in [1.29, 1.82) is 0 Å². The fourth-order valence-electron chi connectivity index (χ4n) is 1.82. The van der Waals surface area contributed by atoms with Crippen LogP contribution in [0.25, 0.3) is 5.52 Å². The van der Waals surface area contributed by atoms with Gasteiger partial charge in [-0.05, 0) is 24.6 Å². The summed E-state index contributed by atoms with van der Waals surface area (Å²) in [6.07, 6.45) is 3.90. The van der Waals surface area contributed by atoms with Gasteiger partial charge in [-0.3, -0.25) is 4.79 Å². The van der Waals surface area contributed by atoms with E-state index in [1.807, 2.05) is 55.8 Å². The zero-order chi connectivity index (χ0) is 11.0. The molecule has 78 valence electrons. The van der Waals surface area contributed by atoms with Crippen LogP contribution in [0.15, 0.2) is 30.6 Å². The van der Waals surface area contributed by atoms with E-state index in [9.17, 15) is 4.79 Å². The van der Waals surface area contributed by atoms with E-state index in [0.29, 0.717) is 0 Å². The Labute approximate surface area is 89.5 Å². The van der Waals surface area contributed by atoms with Gasteiger partial charge in [0, 0.05) is 29.4 Å². The lowest BCUT2D eigenvalue weighted by Gasteiger charge is -2.01. The zero-order valence-corrected chi connectivity index (χ0v) is 9.32. The van der Waals surface area contributed by atoms with Crippen molar-refractivity contribution < 1.29 is 4.79 Å². The van der Waals surface area contributed by atoms with Gasteiger partial charge < -0.3 is 4.40 Å². The second-order valence-electron chi connectivity index (χ2n) is 4.18. The highest BCUT2D eigenvalue weighted by atomic mass is 16.1. The number of nitrogens with zero attached hydrogens (tertiary/aromatic N) is 1. The van der Waals surface area contributed by atoms with Crippen molar-refractivity contribution in [3.05, 3.63) is 41.7 Å². The molecule has 2 heterocycles. The maximum atomic E-state index is 11.9. The van der Waals surface area contributed by atoms with Gasteiger partial charge in [0.15, 0.2) is 5.78 Å². The Morgan fingerprint density at radius 1 is 1.33 bits per heavy atom. The molecule has 0 N–H and O–H groups in total. The topological polar surface area (TPSA) is 21.5 Å². The van der Waals surface area contributed by atoms with Crippen molar-refractivity contribution in [2.24, 2.45) is 5.92 Å². The molecule has 0 aromatic carbocycles. The van der Waals surface area contributed by atoms with Crippen LogP contribution in [0.2, 0.25) is 0 Å². The number of carbonyl (C=O) groups is 1. The Balaban J connectivity index is 2.63. The van der Waals surface area contributed by atoms with E-state index >= 15 is 0 Å². The fourth-order valence-corrected chi connectivity index (χ4v) is 1.82. The molecule has 0 saturated heterocycles. The molecule has 0 saturated carbocycles. The lowest BCUT2D eigenvalue weighted by atomic mass is 10.0. The van der Waals surface area contributed by atoms with Crippen molar-refractivity contribution in [3.8, 4) is 0 Å². The van der Waals surface area contributed by atoms with Crippen LogP contribution >= 0.6 is 0 Å². The second kappa shape index (κ2) is 3.54. The summed E-state index contributed by atoms with van der Waals surface area (Å²) in [5, 5.41) is 0. The molecule has 0 fully saturated rings. The average Bonchev–Trinajstić information content (AvgIpc) is 2.56. The van der Waals surface area contributed by atoms with Crippen LogP contribution in [-0.2, 0) is 0 Å². The molecular formula is C13H15NO. The van der Waals surface area contributed by atoms with Crippen LogP contribution in [0.1, 0.15) is 29.8 Å². The van der Waals surface area contributed by atoms with Crippen LogP contribution < -0.4 is 0 Å². The number of aryl methyl sites for hydroxylation is 1. The molecule has 2 aromatic rings. The third-order valence-corrected chi connectivity index (χ3v) is 2.74. The van der Waals surface area contributed by atoms with Gasteiger partial charge in [-0.2, -0.15) is 0 Å². The van der Waals surface area contributed by atoms with E-state index in [2.05, 4.69) is 0 Å². The first-order chi connectivity index (χ1) is 7.11. The molecule has 0 bridgehead atoms. The van der Waals surface area contributed by atoms with E-state index in [0.717, 1.165) is 16.6 Å². The van der Waals surface area contributed by atoms with E-state index in [4.69, 9.17) is 0 Å². The number of hydrogen-bond donors (Lipinski definition) is 0. The number of Topliss-reactive ketones (excluding diaryl/α,β-unsaturated/α-hetero) is 1. The molecular weight excluding hydrogens is 186 g/mol. The highest BCUT2D eigenvalue weighted by Gasteiger charge is 2.16. The van der Waals surface area contributed by atoms with Gasteiger partial charge in [0.2, 0.25) is 0 Å². The summed E-state index contributed by atoms with van der Waals surface area (Å²) in [6.45, 7) is 5.87. The average molecular weight is 201 g/mol. The molecule has 0 spiro atoms. The monoisotopic (exact) mass is 201 g/mol. The van der Waals surface area contributed by atoms with Gasteiger partial charge in [-0.15, -0.1) is 0 Å². The number of fused-ring (bicyclic) bond motifs is 1. The largest absolute Gasteiger partial charge is 0.323 e. The van der Waals surface area contributed by atoms with Gasteiger partial charge in [-0.25, -0.2) is 0 Å². The first-order valence-corrected chi connectivity index (χ1v) is 5.21. The SMILES string of the molecule is Cc1c(C(=O)C(C)C)cn2ccccc12. The van der Waals surface area contributed by atoms with Crippen molar-refractivity contribution >= 4 is 11.3 Å². The summed E-state index contributed by atoms with van der Waals surface area (Å²) < 4.78 is 2.00. The molecule has 0 atom stereocenters. The van der Waals surface area contributed by atoms with Crippen molar-refractivity contribution in [1.82, 2.24) is 4.40 Å². The van der Waals surface area contributed by atoms with Crippen LogP contribution in [0.5, 0.6) is 0 Å². The van der Waals surface area contributed by atoms with Crippen molar-refractivity contribution in [3.63, 3.8) is 0 Å². The molecule has 2 heteroatoms. The minimum atomic E-state index is 0.0566. The van der Waals surface area contributed by atoms with Crippen LogP contribution in [0.4, 0.5) is 0 Å². The van der Waals surface area contributed by atoms with E-state index < -0.39 is 0 Å². The first-order valence-electron chi connectivity index (χ1n) is 5.21. The summed E-state index contributed by atoms with van der Waals surface area (Å²) in [7, 11) is 0. The number of ketones is 1. The lowest BCUT2D eigenvalue weighted by Crippen LogP contribution is -2.07. The summed E-state index contributed by atoms with van der Waals surface area (Å²) in [4.78, 5) is 11.9. The Bertz CT molecular complexity index is 508. The van der Waals surface area contributed by atoms with Crippen LogP contribution in [-0.4, -0.2) is 10.2 Å². The van der Waals surface area contributed by atoms with Crippen LogP contribution in [0, 0.1) is 12.8 Å².